The van der Waals surface area contributed by atoms with Gasteiger partial charge in [0.25, 0.3) is 5.56 Å². The van der Waals surface area contributed by atoms with Crippen LogP contribution in [0, 0.1) is 5.82 Å². The molecule has 1 aromatic heterocycles. The van der Waals surface area contributed by atoms with Crippen LogP contribution in [0.25, 0.3) is 0 Å². The Morgan fingerprint density at radius 2 is 2.00 bits per heavy atom. The van der Waals surface area contributed by atoms with Gasteiger partial charge in [-0.2, -0.15) is 0 Å². The van der Waals surface area contributed by atoms with Crippen molar-refractivity contribution in [2.24, 2.45) is 0 Å². The molecule has 0 radical (unpaired) electrons. The van der Waals surface area contributed by atoms with Crippen LogP contribution >= 0.6 is 11.8 Å². The highest BCUT2D eigenvalue weighted by Gasteiger charge is 2.13. The molecular formula is C17H18FN3O4S. The van der Waals surface area contributed by atoms with Gasteiger partial charge < -0.3 is 14.6 Å². The normalized spacial score (nSPS) is 10.4. The molecule has 0 saturated heterocycles. The van der Waals surface area contributed by atoms with Crippen LogP contribution in [0.5, 0.6) is 0 Å². The van der Waals surface area contributed by atoms with Crippen molar-refractivity contribution in [3.8, 4) is 0 Å². The summed E-state index contributed by atoms with van der Waals surface area (Å²) in [6.07, 6.45) is -0.119. The second kappa shape index (κ2) is 9.14. The van der Waals surface area contributed by atoms with Gasteiger partial charge in [-0.05, 0) is 17.7 Å². The number of halogens is 1. The quantitative estimate of drug-likeness (QED) is 0.444. The molecule has 26 heavy (non-hydrogen) atoms. The maximum absolute atomic E-state index is 12.9. The number of aromatic nitrogens is 2. The summed E-state index contributed by atoms with van der Waals surface area (Å²) in [6, 6.07) is 7.11. The molecule has 0 saturated carbocycles. The van der Waals surface area contributed by atoms with Gasteiger partial charge in [-0.15, -0.1) is 0 Å². The van der Waals surface area contributed by atoms with E-state index in [2.05, 4.69) is 14.7 Å². The lowest BCUT2D eigenvalue weighted by molar-refractivity contribution is -0.139. The third-order valence-corrected chi connectivity index (χ3v) is 4.28. The number of H-pyrrole nitrogens is 1. The van der Waals surface area contributed by atoms with Crippen molar-refractivity contribution < 1.29 is 18.7 Å². The van der Waals surface area contributed by atoms with Crippen LogP contribution in [-0.4, -0.2) is 46.7 Å². The Morgan fingerprint density at radius 3 is 2.65 bits per heavy atom. The van der Waals surface area contributed by atoms with E-state index in [1.54, 1.807) is 19.2 Å². The molecule has 0 aliphatic heterocycles. The Balaban J connectivity index is 1.94. The number of hydrogen-bond acceptors (Lipinski definition) is 6. The molecule has 1 amide bonds. The molecule has 9 heteroatoms. The van der Waals surface area contributed by atoms with Crippen LogP contribution in [0.3, 0.4) is 0 Å². The van der Waals surface area contributed by atoms with Gasteiger partial charge in [0.1, 0.15) is 5.82 Å². The summed E-state index contributed by atoms with van der Waals surface area (Å²) in [7, 11) is 2.89. The molecule has 1 N–H and O–H groups in total. The maximum atomic E-state index is 12.9. The van der Waals surface area contributed by atoms with Crippen molar-refractivity contribution in [3.63, 3.8) is 0 Å². The van der Waals surface area contributed by atoms with Crippen LogP contribution in [0.4, 0.5) is 4.39 Å². The number of hydrogen-bond donors (Lipinski definition) is 1. The molecule has 0 fully saturated rings. The van der Waals surface area contributed by atoms with Crippen molar-refractivity contribution in [1.29, 1.82) is 0 Å². The molecule has 2 aromatic rings. The van der Waals surface area contributed by atoms with Gasteiger partial charge in [0, 0.05) is 19.7 Å². The van der Waals surface area contributed by atoms with Crippen LogP contribution in [0.2, 0.25) is 0 Å². The molecule has 0 unspecified atom stereocenters. The lowest BCUT2D eigenvalue weighted by atomic mass is 10.2. The number of carbonyl (C=O) groups excluding carboxylic acids is 2. The van der Waals surface area contributed by atoms with Gasteiger partial charge >= 0.3 is 5.97 Å². The molecule has 1 aromatic carbocycles. The predicted octanol–water partition coefficient (Wildman–Crippen LogP) is 1.38. The van der Waals surface area contributed by atoms with E-state index in [-0.39, 0.29) is 34.7 Å². The number of aromatic amines is 1. The molecule has 0 aliphatic carbocycles. The standard InChI is InChI=1S/C17H18FN3O4S/c1-21(9-11-3-5-12(18)6-4-11)15(23)10-26-17-19-13(7-14(22)20-17)8-16(24)25-2/h3-7H,8-10H2,1-2H3,(H,19,20,22). The minimum atomic E-state index is -0.505. The Bertz CT molecular complexity index is 839. The van der Waals surface area contributed by atoms with Gasteiger partial charge in [-0.25, -0.2) is 9.37 Å². The molecule has 0 atom stereocenters. The molecule has 0 bridgehead atoms. The highest BCUT2D eigenvalue weighted by Crippen LogP contribution is 2.13. The number of rotatable bonds is 7. The van der Waals surface area contributed by atoms with E-state index in [1.165, 1.54) is 30.2 Å². The second-order valence-corrected chi connectivity index (χ2v) is 6.42. The third kappa shape index (κ3) is 5.99. The second-order valence-electron chi connectivity index (χ2n) is 5.46. The van der Waals surface area contributed by atoms with Gasteiger partial charge in [0.05, 0.1) is 25.0 Å². The number of nitrogens with one attached hydrogen (secondary N) is 1. The van der Waals surface area contributed by atoms with Gasteiger partial charge in [0.2, 0.25) is 5.91 Å². The van der Waals surface area contributed by atoms with E-state index in [0.29, 0.717) is 6.54 Å². The summed E-state index contributed by atoms with van der Waals surface area (Å²) in [5, 5.41) is 0.250. The minimum absolute atomic E-state index is 0.0578. The van der Waals surface area contributed by atoms with E-state index in [4.69, 9.17) is 0 Å². The van der Waals surface area contributed by atoms with Gasteiger partial charge in [-0.1, -0.05) is 23.9 Å². The van der Waals surface area contributed by atoms with E-state index >= 15 is 0 Å². The van der Waals surface area contributed by atoms with Crippen LogP contribution in [0.15, 0.2) is 40.3 Å². The number of thioether (sulfide) groups is 1. The first-order valence-corrected chi connectivity index (χ1v) is 8.64. The Morgan fingerprint density at radius 1 is 1.31 bits per heavy atom. The topological polar surface area (TPSA) is 92.4 Å². The molecular weight excluding hydrogens is 361 g/mol. The summed E-state index contributed by atoms with van der Waals surface area (Å²) < 4.78 is 17.5. The summed E-state index contributed by atoms with van der Waals surface area (Å²) in [5.74, 6) is -0.961. The summed E-state index contributed by atoms with van der Waals surface area (Å²) >= 11 is 1.06. The Hall–Kier alpha value is -2.68. The number of esters is 1. The highest BCUT2D eigenvalue weighted by atomic mass is 32.2. The molecule has 7 nitrogen and oxygen atoms in total. The number of nitrogens with zero attached hydrogens (tertiary/aromatic N) is 2. The van der Waals surface area contributed by atoms with Crippen LogP contribution in [-0.2, 0) is 27.3 Å². The first-order chi connectivity index (χ1) is 12.4. The van der Waals surface area contributed by atoms with Crippen molar-refractivity contribution in [1.82, 2.24) is 14.9 Å². The molecule has 1 heterocycles. The average molecular weight is 379 g/mol. The summed E-state index contributed by atoms with van der Waals surface area (Å²) in [6.45, 7) is 0.339. The zero-order chi connectivity index (χ0) is 19.1. The first kappa shape index (κ1) is 19.6. The van der Waals surface area contributed by atoms with Crippen molar-refractivity contribution >= 4 is 23.6 Å². The average Bonchev–Trinajstić information content (AvgIpc) is 2.61. The fraction of sp³-hybridized carbons (Fsp3) is 0.294. The molecule has 138 valence electrons. The zero-order valence-corrected chi connectivity index (χ0v) is 15.1. The van der Waals surface area contributed by atoms with Gasteiger partial charge in [-0.3, -0.25) is 14.4 Å². The SMILES string of the molecule is COC(=O)Cc1cc(=O)[nH]c(SCC(=O)N(C)Cc2ccc(F)cc2)n1. The molecule has 0 spiro atoms. The Labute approximate surface area is 153 Å². The van der Waals surface area contributed by atoms with E-state index < -0.39 is 11.5 Å². The van der Waals surface area contributed by atoms with E-state index in [1.807, 2.05) is 0 Å². The molecule has 2 rings (SSSR count). The number of benzene rings is 1. The van der Waals surface area contributed by atoms with Crippen molar-refractivity contribution in [2.75, 3.05) is 19.9 Å². The fourth-order valence-corrected chi connectivity index (χ4v) is 2.89. The van der Waals surface area contributed by atoms with Crippen LogP contribution < -0.4 is 5.56 Å². The number of methoxy groups -OCH3 is 1. The van der Waals surface area contributed by atoms with E-state index in [9.17, 15) is 18.8 Å². The fourth-order valence-electron chi connectivity index (χ4n) is 2.05. The first-order valence-electron chi connectivity index (χ1n) is 7.65. The zero-order valence-electron chi connectivity index (χ0n) is 14.3. The number of ether oxygens (including phenoxy) is 1. The van der Waals surface area contributed by atoms with Gasteiger partial charge in [0.15, 0.2) is 5.16 Å². The largest absolute Gasteiger partial charge is 0.469 e. The van der Waals surface area contributed by atoms with Crippen LogP contribution in [0.1, 0.15) is 11.3 Å². The van der Waals surface area contributed by atoms with Crippen molar-refractivity contribution in [3.05, 3.63) is 57.8 Å². The maximum Gasteiger partial charge on any atom is 0.311 e. The summed E-state index contributed by atoms with van der Waals surface area (Å²) in [4.78, 5) is 43.3. The lowest BCUT2D eigenvalue weighted by Gasteiger charge is -2.17. The highest BCUT2D eigenvalue weighted by molar-refractivity contribution is 7.99. The summed E-state index contributed by atoms with van der Waals surface area (Å²) in [5.41, 5.74) is 0.669. The lowest BCUT2D eigenvalue weighted by Crippen LogP contribution is -2.28. The Kier molecular flexibility index (Phi) is 6.90. The number of carbonyl (C=O) groups is 2. The third-order valence-electron chi connectivity index (χ3n) is 3.42. The minimum Gasteiger partial charge on any atom is -0.469 e. The number of amides is 1. The molecule has 0 aliphatic rings. The smallest absolute Gasteiger partial charge is 0.311 e. The van der Waals surface area contributed by atoms with E-state index in [0.717, 1.165) is 17.3 Å². The monoisotopic (exact) mass is 379 g/mol. The predicted molar refractivity (Wildman–Crippen MR) is 94.2 cm³/mol. The van der Waals surface area contributed by atoms with Crippen molar-refractivity contribution in [2.45, 2.75) is 18.1 Å².